The number of hydrogen-bond acceptors (Lipinski definition) is 6. The number of fused-ring (bicyclic) bond motifs is 2. The molecule has 194 valence electrons. The largest absolute Gasteiger partial charge is 0.497 e. The molecule has 5 rings (SSSR count). The lowest BCUT2D eigenvalue weighted by atomic mass is 9.99. The number of thiazole rings is 1. The molecule has 0 saturated heterocycles. The first-order valence-corrected chi connectivity index (χ1v) is 14.0. The van der Waals surface area contributed by atoms with E-state index >= 15 is 0 Å². The van der Waals surface area contributed by atoms with Gasteiger partial charge in [-0.15, -0.1) is 0 Å². The zero-order valence-electron chi connectivity index (χ0n) is 21.7. The molecule has 0 spiro atoms. The van der Waals surface area contributed by atoms with E-state index in [0.717, 1.165) is 61.0 Å². The van der Waals surface area contributed by atoms with Gasteiger partial charge in [0.25, 0.3) is 5.01 Å². The number of ether oxygens (including phenoxy) is 2. The Morgan fingerprint density at radius 2 is 1.71 bits per heavy atom. The van der Waals surface area contributed by atoms with Gasteiger partial charge in [-0.25, -0.2) is 4.79 Å². The maximum atomic E-state index is 12.2. The van der Waals surface area contributed by atoms with Crippen LogP contribution in [0.5, 0.6) is 11.5 Å². The zero-order valence-corrected chi connectivity index (χ0v) is 23.4. The number of aromatic nitrogens is 1. The molecule has 3 aromatic carbocycles. The second-order valence-electron chi connectivity index (χ2n) is 8.63. The highest BCUT2D eigenvalue weighted by Gasteiger charge is 2.26. The molecule has 0 aliphatic carbocycles. The summed E-state index contributed by atoms with van der Waals surface area (Å²) in [7, 11) is 3.34. The predicted octanol–water partition coefficient (Wildman–Crippen LogP) is 6.94. The van der Waals surface area contributed by atoms with Gasteiger partial charge < -0.3 is 19.5 Å². The smallest absolute Gasteiger partial charge is 0.336 e. The Hall–Kier alpha value is -3.75. The Kier molecular flexibility index (Phi) is 7.44. The Bertz CT molecular complexity index is 1590. The second-order valence-corrected chi connectivity index (χ2v) is 10.8. The number of carbonyl (C=O) groups is 1. The number of hydrogen-bond donors (Lipinski definition) is 1. The third-order valence-corrected chi connectivity index (χ3v) is 8.76. The summed E-state index contributed by atoms with van der Waals surface area (Å²) >= 11 is 3.36. The van der Waals surface area contributed by atoms with Crippen LogP contribution >= 0.6 is 23.1 Å². The summed E-state index contributed by atoms with van der Waals surface area (Å²) in [6.07, 6.45) is 4.21. The molecule has 1 aliphatic rings. The fourth-order valence-electron chi connectivity index (χ4n) is 4.67. The molecule has 1 aliphatic heterocycles. The molecule has 1 aromatic heterocycles. The summed E-state index contributed by atoms with van der Waals surface area (Å²) in [5.41, 5.74) is 3.96. The van der Waals surface area contributed by atoms with Gasteiger partial charge in [-0.3, -0.25) is 0 Å². The number of carboxylic acids is 1. The summed E-state index contributed by atoms with van der Waals surface area (Å²) in [5.74, 6) is 0.662. The summed E-state index contributed by atoms with van der Waals surface area (Å²) in [4.78, 5) is 15.6. The van der Waals surface area contributed by atoms with E-state index < -0.39 is 5.97 Å². The molecule has 0 unspecified atom stereocenters. The average Bonchev–Trinajstić information content (AvgIpc) is 3.47. The maximum absolute atomic E-state index is 12.2. The fraction of sp³-hybridized carbons (Fsp3) is 0.200. The second kappa shape index (κ2) is 10.9. The molecule has 0 amide bonds. The van der Waals surface area contributed by atoms with Gasteiger partial charge >= 0.3 is 5.97 Å². The third kappa shape index (κ3) is 4.77. The van der Waals surface area contributed by atoms with Crippen LogP contribution in [0.4, 0.5) is 5.69 Å². The predicted molar refractivity (Wildman–Crippen MR) is 155 cm³/mol. The van der Waals surface area contributed by atoms with Crippen LogP contribution < -0.4 is 18.9 Å². The number of allylic oxidation sites excluding steroid dienone is 2. The number of anilines is 1. The van der Waals surface area contributed by atoms with E-state index in [-0.39, 0.29) is 5.56 Å². The Morgan fingerprint density at radius 1 is 1.00 bits per heavy atom. The molecular weight excluding hydrogens is 516 g/mol. The lowest BCUT2D eigenvalue weighted by Crippen LogP contribution is -2.33. The van der Waals surface area contributed by atoms with Crippen LogP contribution in [0.2, 0.25) is 0 Å². The normalized spacial score (nSPS) is 14.3. The molecule has 1 N–H and O–H groups in total. The van der Waals surface area contributed by atoms with Crippen molar-refractivity contribution in [2.24, 2.45) is 0 Å². The molecule has 0 saturated carbocycles. The maximum Gasteiger partial charge on any atom is 0.336 e. The minimum atomic E-state index is -0.950. The van der Waals surface area contributed by atoms with Crippen LogP contribution in [0, 0.1) is 0 Å². The Balaban J connectivity index is 1.71. The first kappa shape index (κ1) is 25.9. The van der Waals surface area contributed by atoms with E-state index in [2.05, 4.69) is 47.6 Å². The molecule has 0 bridgehead atoms. The van der Waals surface area contributed by atoms with Crippen molar-refractivity contribution in [1.29, 1.82) is 0 Å². The van der Waals surface area contributed by atoms with Gasteiger partial charge in [-0.1, -0.05) is 41.3 Å². The van der Waals surface area contributed by atoms with Gasteiger partial charge in [0.1, 0.15) is 22.7 Å². The van der Waals surface area contributed by atoms with Crippen LogP contribution in [-0.4, -0.2) is 31.8 Å². The van der Waals surface area contributed by atoms with E-state index in [1.165, 1.54) is 0 Å². The van der Waals surface area contributed by atoms with Crippen LogP contribution in [0.1, 0.15) is 34.8 Å². The molecular formula is C30H29N2O4S2+. The SMILES string of the molecule is CCN1/C(=C/C(=C/c2sc3ccc(OC)cc3[n+]2CC)c2ccccc2C(=O)O)Sc2ccc(OC)cc21. The van der Waals surface area contributed by atoms with Gasteiger partial charge in [-0.2, -0.15) is 4.57 Å². The standard InChI is InChI=1S/C30H28N2O4S2/c1-5-31-24-17-20(35-3)11-13-26(24)37-28(31)15-19(22-9-7-8-10-23(22)30(33)34)16-29-32(6-2)25-18-21(36-4)12-14-27(25)38-29/h7-18H,5-6H2,1-4H3/p+1. The average molecular weight is 546 g/mol. The van der Waals surface area contributed by atoms with E-state index in [1.807, 2.05) is 36.4 Å². The molecule has 4 aromatic rings. The lowest BCUT2D eigenvalue weighted by Gasteiger charge is -2.19. The number of rotatable bonds is 8. The summed E-state index contributed by atoms with van der Waals surface area (Å²) in [6.45, 7) is 5.76. The highest BCUT2D eigenvalue weighted by atomic mass is 32.2. The minimum Gasteiger partial charge on any atom is -0.497 e. The third-order valence-electron chi connectivity index (χ3n) is 6.53. The van der Waals surface area contributed by atoms with Crippen molar-refractivity contribution < 1.29 is 23.9 Å². The lowest BCUT2D eigenvalue weighted by molar-refractivity contribution is -0.665. The Morgan fingerprint density at radius 3 is 2.39 bits per heavy atom. The van der Waals surface area contributed by atoms with E-state index in [0.29, 0.717) is 5.56 Å². The van der Waals surface area contributed by atoms with E-state index in [1.54, 1.807) is 49.5 Å². The van der Waals surface area contributed by atoms with Crippen LogP contribution in [-0.2, 0) is 6.54 Å². The van der Waals surface area contributed by atoms with Crippen molar-refractivity contribution in [1.82, 2.24) is 0 Å². The van der Waals surface area contributed by atoms with Gasteiger partial charge in [0.05, 0.1) is 36.6 Å². The summed E-state index contributed by atoms with van der Waals surface area (Å²) in [5, 5.41) is 12.1. The topological polar surface area (TPSA) is 62.9 Å². The number of thioether (sulfide) groups is 1. The first-order chi connectivity index (χ1) is 18.5. The number of benzene rings is 3. The van der Waals surface area contributed by atoms with Gasteiger partial charge in [0.2, 0.25) is 5.52 Å². The molecule has 38 heavy (non-hydrogen) atoms. The van der Waals surface area contributed by atoms with Crippen molar-refractivity contribution in [2.75, 3.05) is 25.7 Å². The van der Waals surface area contributed by atoms with Gasteiger partial charge in [-0.05, 0) is 61.4 Å². The molecule has 0 atom stereocenters. The number of aryl methyl sites for hydroxylation is 1. The molecule has 0 radical (unpaired) electrons. The summed E-state index contributed by atoms with van der Waals surface area (Å²) < 4.78 is 14.3. The van der Waals surface area contributed by atoms with Crippen LogP contribution in [0.25, 0.3) is 21.9 Å². The van der Waals surface area contributed by atoms with Crippen LogP contribution in [0.3, 0.4) is 0 Å². The minimum absolute atomic E-state index is 0.270. The molecule has 0 fully saturated rings. The summed E-state index contributed by atoms with van der Waals surface area (Å²) in [6, 6.07) is 19.4. The molecule has 2 heterocycles. The number of aromatic carboxylic acids is 1. The molecule has 6 nitrogen and oxygen atoms in total. The monoisotopic (exact) mass is 545 g/mol. The van der Waals surface area contributed by atoms with Crippen molar-refractivity contribution in [3.8, 4) is 11.5 Å². The fourth-order valence-corrected chi connectivity index (χ4v) is 6.98. The van der Waals surface area contributed by atoms with Crippen molar-refractivity contribution in [3.05, 3.63) is 87.9 Å². The van der Waals surface area contributed by atoms with Crippen LogP contribution in [0.15, 0.2) is 76.7 Å². The quantitative estimate of drug-likeness (QED) is 0.242. The number of nitrogens with zero attached hydrogens (tertiary/aromatic N) is 2. The highest BCUT2D eigenvalue weighted by molar-refractivity contribution is 8.03. The number of carboxylic acid groups (broad SMARTS) is 1. The highest BCUT2D eigenvalue weighted by Crippen LogP contribution is 2.48. The Labute approximate surface area is 230 Å². The molecule has 8 heteroatoms. The van der Waals surface area contributed by atoms with Gasteiger partial charge in [0.15, 0.2) is 0 Å². The van der Waals surface area contributed by atoms with E-state index in [9.17, 15) is 9.90 Å². The number of methoxy groups -OCH3 is 2. The van der Waals surface area contributed by atoms with Crippen molar-refractivity contribution in [2.45, 2.75) is 25.3 Å². The van der Waals surface area contributed by atoms with Crippen molar-refractivity contribution in [3.63, 3.8) is 0 Å². The van der Waals surface area contributed by atoms with Crippen molar-refractivity contribution >= 4 is 56.6 Å². The zero-order chi connectivity index (χ0) is 26.8. The van der Waals surface area contributed by atoms with Gasteiger partial charge in [0, 0.05) is 23.6 Å². The first-order valence-electron chi connectivity index (χ1n) is 12.4. The van der Waals surface area contributed by atoms with E-state index in [4.69, 9.17) is 9.47 Å².